The van der Waals surface area contributed by atoms with Crippen LogP contribution in [0.3, 0.4) is 0 Å². The minimum atomic E-state index is -0.779. The molecule has 0 amide bonds. The van der Waals surface area contributed by atoms with Crippen LogP contribution in [-0.2, 0) is 16.1 Å². The Morgan fingerprint density at radius 3 is 2.73 bits per heavy atom. The fourth-order valence-electron chi connectivity index (χ4n) is 2.96. The highest BCUT2D eigenvalue weighted by Gasteiger charge is 2.44. The summed E-state index contributed by atoms with van der Waals surface area (Å²) in [4.78, 5) is 4.57. The van der Waals surface area contributed by atoms with E-state index in [2.05, 4.69) is 10.3 Å². The van der Waals surface area contributed by atoms with Gasteiger partial charge >= 0.3 is 0 Å². The van der Waals surface area contributed by atoms with Crippen LogP contribution in [0.4, 0.5) is 10.1 Å². The number of hydrogen-bond acceptors (Lipinski definition) is 6. The number of ether oxygens (including phenoxy) is 2. The third-order valence-electron chi connectivity index (χ3n) is 4.31. The number of anilines is 1. The molecule has 1 saturated heterocycles. The van der Waals surface area contributed by atoms with Gasteiger partial charge in [-0.2, -0.15) is 0 Å². The zero-order valence-electron chi connectivity index (χ0n) is 13.9. The van der Waals surface area contributed by atoms with Gasteiger partial charge < -0.3 is 19.9 Å². The van der Waals surface area contributed by atoms with Crippen molar-refractivity contribution in [3.63, 3.8) is 0 Å². The number of benzene rings is 2. The van der Waals surface area contributed by atoms with Gasteiger partial charge in [-0.15, -0.1) is 0 Å². The molecule has 2 aliphatic heterocycles. The summed E-state index contributed by atoms with van der Waals surface area (Å²) < 4.78 is 24.4. The number of hydrogen-bond donors (Lipinski definition) is 2. The lowest BCUT2D eigenvalue weighted by Crippen LogP contribution is -2.50. The summed E-state index contributed by atoms with van der Waals surface area (Å²) in [7, 11) is 0. The molecule has 0 unspecified atom stereocenters. The molecular weight excluding hydrogens is 355 g/mol. The van der Waals surface area contributed by atoms with Gasteiger partial charge in [0.1, 0.15) is 11.9 Å². The van der Waals surface area contributed by atoms with E-state index in [1.54, 1.807) is 12.1 Å². The van der Waals surface area contributed by atoms with Crippen molar-refractivity contribution in [2.45, 2.75) is 30.3 Å². The van der Waals surface area contributed by atoms with Crippen LogP contribution in [0.2, 0.25) is 0 Å². The van der Waals surface area contributed by atoms with E-state index in [1.807, 2.05) is 30.3 Å². The number of fused-ring (bicyclic) bond motifs is 1. The zero-order valence-corrected chi connectivity index (χ0v) is 14.7. The molecule has 26 heavy (non-hydrogen) atoms. The Labute approximate surface area is 155 Å². The summed E-state index contributed by atoms with van der Waals surface area (Å²) >= 11 is 1.46. The molecule has 136 valence electrons. The number of amidine groups is 1. The molecule has 7 heteroatoms. The first kappa shape index (κ1) is 17.5. The SMILES string of the molecule is O[C@H]1[C@@H](OCc2ccccc2)OC[C@@H]2N=C(Nc3ccc(F)cc3)S[C@H]12. The number of aliphatic hydroxyl groups excluding tert-OH is 1. The van der Waals surface area contributed by atoms with Crippen molar-refractivity contribution in [1.29, 1.82) is 0 Å². The first-order chi connectivity index (χ1) is 12.7. The van der Waals surface area contributed by atoms with Crippen molar-refractivity contribution in [3.8, 4) is 0 Å². The summed E-state index contributed by atoms with van der Waals surface area (Å²) in [5, 5.41) is 14.3. The highest BCUT2D eigenvalue weighted by molar-refractivity contribution is 8.15. The van der Waals surface area contributed by atoms with Crippen molar-refractivity contribution in [3.05, 3.63) is 66.0 Å². The maximum absolute atomic E-state index is 13.0. The first-order valence-electron chi connectivity index (χ1n) is 8.41. The summed E-state index contributed by atoms with van der Waals surface area (Å²) in [5.74, 6) is -0.285. The lowest BCUT2D eigenvalue weighted by Gasteiger charge is -2.34. The average Bonchev–Trinajstić information content (AvgIpc) is 3.07. The van der Waals surface area contributed by atoms with Gasteiger partial charge in [-0.05, 0) is 29.8 Å². The number of rotatable bonds is 4. The van der Waals surface area contributed by atoms with Gasteiger partial charge in [-0.1, -0.05) is 42.1 Å². The van der Waals surface area contributed by atoms with E-state index >= 15 is 0 Å². The molecule has 0 aliphatic carbocycles. The summed E-state index contributed by atoms with van der Waals surface area (Å²) in [6.07, 6.45) is -1.46. The van der Waals surface area contributed by atoms with Crippen molar-refractivity contribution >= 4 is 22.6 Å². The van der Waals surface area contributed by atoms with Crippen LogP contribution < -0.4 is 5.32 Å². The Kier molecular flexibility index (Phi) is 5.21. The number of aliphatic hydroxyl groups is 1. The molecule has 2 aliphatic rings. The summed E-state index contributed by atoms with van der Waals surface area (Å²) in [6.45, 7) is 0.773. The van der Waals surface area contributed by atoms with Crippen molar-refractivity contribution in [2.75, 3.05) is 11.9 Å². The Bertz CT molecular complexity index is 772. The number of halogens is 1. The Morgan fingerprint density at radius 2 is 1.96 bits per heavy atom. The second-order valence-electron chi connectivity index (χ2n) is 6.20. The van der Waals surface area contributed by atoms with Crippen LogP contribution in [0, 0.1) is 5.82 Å². The van der Waals surface area contributed by atoms with E-state index in [0.29, 0.717) is 18.4 Å². The predicted molar refractivity (Wildman–Crippen MR) is 99.6 cm³/mol. The molecule has 0 radical (unpaired) electrons. The van der Waals surface area contributed by atoms with Crippen LogP contribution >= 0.6 is 11.8 Å². The molecule has 0 aromatic heterocycles. The highest BCUT2D eigenvalue weighted by Crippen LogP contribution is 2.35. The van der Waals surface area contributed by atoms with E-state index in [4.69, 9.17) is 9.47 Å². The molecule has 5 nitrogen and oxygen atoms in total. The van der Waals surface area contributed by atoms with Crippen LogP contribution in [0.25, 0.3) is 0 Å². The van der Waals surface area contributed by atoms with Gasteiger partial charge in [0.2, 0.25) is 0 Å². The smallest absolute Gasteiger partial charge is 0.185 e. The molecule has 2 aromatic carbocycles. The Hall–Kier alpha value is -1.93. The van der Waals surface area contributed by atoms with E-state index in [1.165, 1.54) is 23.9 Å². The zero-order chi connectivity index (χ0) is 17.9. The number of nitrogens with zero attached hydrogens (tertiary/aromatic N) is 1. The van der Waals surface area contributed by atoms with Gasteiger partial charge in [0, 0.05) is 5.69 Å². The van der Waals surface area contributed by atoms with Crippen LogP contribution in [0.15, 0.2) is 59.6 Å². The molecule has 0 spiro atoms. The highest BCUT2D eigenvalue weighted by atomic mass is 32.2. The van der Waals surface area contributed by atoms with E-state index in [-0.39, 0.29) is 17.1 Å². The number of nitrogens with one attached hydrogen (secondary N) is 1. The molecule has 1 fully saturated rings. The molecule has 4 atom stereocenters. The van der Waals surface area contributed by atoms with Crippen LogP contribution in [0.1, 0.15) is 5.56 Å². The minimum absolute atomic E-state index is 0.130. The van der Waals surface area contributed by atoms with Gasteiger partial charge in [-0.3, -0.25) is 4.99 Å². The maximum atomic E-state index is 13.0. The third-order valence-corrected chi connectivity index (χ3v) is 5.61. The fourth-order valence-corrected chi connectivity index (χ4v) is 4.15. The fraction of sp³-hybridized carbons (Fsp3) is 0.316. The van der Waals surface area contributed by atoms with Gasteiger partial charge in [0.05, 0.1) is 24.5 Å². The van der Waals surface area contributed by atoms with E-state index in [0.717, 1.165) is 11.3 Å². The third kappa shape index (κ3) is 3.91. The average molecular weight is 374 g/mol. The molecular formula is C19H19FN2O3S. The summed E-state index contributed by atoms with van der Waals surface area (Å²) in [6, 6.07) is 15.7. The molecule has 2 aromatic rings. The number of thioether (sulfide) groups is 1. The largest absolute Gasteiger partial charge is 0.387 e. The van der Waals surface area contributed by atoms with Crippen LogP contribution in [-0.4, -0.2) is 40.6 Å². The van der Waals surface area contributed by atoms with Gasteiger partial charge in [0.15, 0.2) is 11.5 Å². The monoisotopic (exact) mass is 374 g/mol. The Morgan fingerprint density at radius 1 is 1.19 bits per heavy atom. The van der Waals surface area contributed by atoms with E-state index in [9.17, 15) is 9.50 Å². The number of aliphatic imine (C=N–C) groups is 1. The molecule has 0 saturated carbocycles. The quantitative estimate of drug-likeness (QED) is 0.861. The molecule has 2 heterocycles. The van der Waals surface area contributed by atoms with E-state index < -0.39 is 12.4 Å². The van der Waals surface area contributed by atoms with Crippen molar-refractivity contribution in [1.82, 2.24) is 0 Å². The summed E-state index contributed by atoms with van der Waals surface area (Å²) in [5.41, 5.74) is 1.78. The van der Waals surface area contributed by atoms with Crippen molar-refractivity contribution < 1.29 is 19.0 Å². The first-order valence-corrected chi connectivity index (χ1v) is 9.29. The van der Waals surface area contributed by atoms with Crippen LogP contribution in [0.5, 0.6) is 0 Å². The molecule has 0 bridgehead atoms. The lowest BCUT2D eigenvalue weighted by atomic mass is 10.1. The van der Waals surface area contributed by atoms with Gasteiger partial charge in [0.25, 0.3) is 0 Å². The van der Waals surface area contributed by atoms with Gasteiger partial charge in [-0.25, -0.2) is 4.39 Å². The predicted octanol–water partition coefficient (Wildman–Crippen LogP) is 3.01. The molecule has 2 N–H and O–H groups in total. The molecule has 4 rings (SSSR count). The Balaban J connectivity index is 1.34. The standard InChI is InChI=1S/C19H19FN2O3S/c20-13-6-8-14(9-7-13)21-19-22-15-11-25-18(16(23)17(15)26-19)24-10-12-4-2-1-3-5-12/h1-9,15-18,23H,10-11H2,(H,21,22)/t15-,16+,17-,18-/m0/s1. The second kappa shape index (κ2) is 7.75. The topological polar surface area (TPSA) is 63.1 Å². The lowest BCUT2D eigenvalue weighted by molar-refractivity contribution is -0.220. The normalized spacial score (nSPS) is 27.7. The minimum Gasteiger partial charge on any atom is -0.387 e. The maximum Gasteiger partial charge on any atom is 0.185 e. The van der Waals surface area contributed by atoms with Crippen molar-refractivity contribution in [2.24, 2.45) is 4.99 Å². The second-order valence-corrected chi connectivity index (χ2v) is 7.37.